The van der Waals surface area contributed by atoms with E-state index in [1.54, 1.807) is 0 Å². The minimum absolute atomic E-state index is 0.231. The summed E-state index contributed by atoms with van der Waals surface area (Å²) in [7, 11) is -9.86. The number of hydrogen-bond acceptors (Lipinski definition) is 2. The van der Waals surface area contributed by atoms with E-state index in [0.29, 0.717) is 0 Å². The van der Waals surface area contributed by atoms with E-state index < -0.39 is 40.9 Å². The van der Waals surface area contributed by atoms with Crippen LogP contribution in [0.5, 0.6) is 11.5 Å². The van der Waals surface area contributed by atoms with Crippen molar-refractivity contribution in [3.8, 4) is 11.5 Å². The smallest absolute Gasteiger partial charge is 0.462 e. The molecule has 0 amide bonds. The molecule has 0 bridgehead atoms. The van der Waals surface area contributed by atoms with Gasteiger partial charge in [-0.1, -0.05) is 127 Å². The first kappa shape index (κ1) is 27.4. The van der Waals surface area contributed by atoms with E-state index in [9.17, 15) is 0 Å². The van der Waals surface area contributed by atoms with Crippen LogP contribution in [0, 0.1) is 0 Å². The molecule has 2 aliphatic rings. The Bertz CT molecular complexity index is 1250. The van der Waals surface area contributed by atoms with Crippen LogP contribution < -0.4 is 8.85 Å². The summed E-state index contributed by atoms with van der Waals surface area (Å²) in [6.07, 6.45) is 2.62. The molecule has 3 aromatic carbocycles. The fraction of sp³-hybridized carbons (Fsp3) is 0.533. The topological polar surface area (TPSA) is 18.5 Å². The van der Waals surface area contributed by atoms with Crippen LogP contribution in [0.15, 0.2) is 48.5 Å². The predicted octanol–water partition coefficient (Wildman–Crippen LogP) is 9.99. The highest BCUT2D eigenvalue weighted by Gasteiger charge is 2.88. The maximum atomic E-state index is 7.97. The van der Waals surface area contributed by atoms with Crippen molar-refractivity contribution < 1.29 is 8.85 Å². The van der Waals surface area contributed by atoms with E-state index >= 15 is 0 Å². The Morgan fingerprint density at radius 2 is 0.757 bits per heavy atom. The summed E-state index contributed by atoms with van der Waals surface area (Å²) in [5.74, 6) is 2.15. The minimum atomic E-state index is -2.86. The highest BCUT2D eigenvalue weighted by molar-refractivity contribution is 7.24. The zero-order chi connectivity index (χ0) is 27.4. The van der Waals surface area contributed by atoms with Gasteiger partial charge in [0.25, 0.3) is 0 Å². The lowest BCUT2D eigenvalue weighted by atomic mass is 10.0. The molecular weight excluding hydrogens is 533 g/mol. The van der Waals surface area contributed by atoms with Crippen molar-refractivity contribution in [1.29, 1.82) is 0 Å². The Balaban J connectivity index is 1.98. The maximum Gasteiger partial charge on any atom is 0.462 e. The van der Waals surface area contributed by atoms with Crippen molar-refractivity contribution in [2.45, 2.75) is 100.0 Å². The third kappa shape index (κ3) is 3.24. The molecule has 0 radical (unpaired) electrons. The Morgan fingerprint density at radius 1 is 0.486 bits per heavy atom. The lowest BCUT2D eigenvalue weighted by Gasteiger charge is -2.61. The second-order valence-corrected chi connectivity index (χ2v) is 43.6. The molecule has 2 nitrogen and oxygen atoms in total. The van der Waals surface area contributed by atoms with Gasteiger partial charge in [0.2, 0.25) is 0 Å². The summed E-state index contributed by atoms with van der Waals surface area (Å²) in [5.41, 5.74) is 0. The summed E-state index contributed by atoms with van der Waals surface area (Å²) in [6.45, 7) is 31.8. The standard InChI is InChI=1S/C30H48O2Si5/c1-33(2,3)29(34(4,5)6)21-22-30(35(7,8)9,36(10,11)12)37(29)31-27-25-19-15-13-17-23(25)24-18-14-16-20-26(24)28(27)32-37/h13-20H,21-22H2,1-12H3. The molecular formula is C30H48O2Si5. The largest absolute Gasteiger partial charge is 0.508 e. The van der Waals surface area contributed by atoms with E-state index in [1.807, 2.05) is 0 Å². The molecule has 0 saturated carbocycles. The monoisotopic (exact) mass is 580 g/mol. The molecule has 0 aromatic heterocycles. The Kier molecular flexibility index (Phi) is 5.90. The molecule has 3 aromatic rings. The highest BCUT2D eigenvalue weighted by Crippen LogP contribution is 2.78. The average Bonchev–Trinajstić information content (AvgIpc) is 3.31. The second kappa shape index (κ2) is 7.96. The van der Waals surface area contributed by atoms with Crippen molar-refractivity contribution in [3.05, 3.63) is 48.5 Å². The van der Waals surface area contributed by atoms with Crippen LogP contribution in [0.4, 0.5) is 0 Å². The molecule has 7 heteroatoms. The van der Waals surface area contributed by atoms with Crippen LogP contribution in [0.3, 0.4) is 0 Å². The lowest BCUT2D eigenvalue weighted by Crippen LogP contribution is -2.80. The fourth-order valence-corrected chi connectivity index (χ4v) is 55.7. The van der Waals surface area contributed by atoms with Gasteiger partial charge in [-0.15, -0.1) is 0 Å². The van der Waals surface area contributed by atoms with Crippen LogP contribution in [-0.2, 0) is 0 Å². The number of hydrogen-bond donors (Lipinski definition) is 0. The van der Waals surface area contributed by atoms with Crippen molar-refractivity contribution in [2.75, 3.05) is 0 Å². The SMILES string of the molecule is C[Si](C)(C)C1([Si](C)(C)C)CCC([Si](C)(C)C)([Si](C)(C)C)[Si]12Oc1c(c3ccccc3c3ccccc13)O2. The number of fused-ring (bicyclic) bond motifs is 6. The Morgan fingerprint density at radius 3 is 1.03 bits per heavy atom. The van der Waals surface area contributed by atoms with Gasteiger partial charge in [-0.3, -0.25) is 0 Å². The van der Waals surface area contributed by atoms with Crippen LogP contribution in [0.2, 0.25) is 87.1 Å². The molecule has 0 N–H and O–H groups in total. The molecule has 200 valence electrons. The van der Waals surface area contributed by atoms with E-state index in [2.05, 4.69) is 127 Å². The number of rotatable bonds is 4. The summed E-state index contributed by atoms with van der Waals surface area (Å²) < 4.78 is 16.4. The van der Waals surface area contributed by atoms with E-state index in [4.69, 9.17) is 8.85 Å². The first-order chi connectivity index (χ1) is 16.9. The molecule has 1 fully saturated rings. The van der Waals surface area contributed by atoms with E-state index in [0.717, 1.165) is 11.5 Å². The van der Waals surface area contributed by atoms with E-state index in [-0.39, 0.29) is 8.57 Å². The molecule has 0 atom stereocenters. The van der Waals surface area contributed by atoms with Crippen molar-refractivity contribution in [1.82, 2.24) is 0 Å². The van der Waals surface area contributed by atoms with E-state index in [1.165, 1.54) is 34.4 Å². The average molecular weight is 581 g/mol. The Labute approximate surface area is 230 Å². The number of benzene rings is 3. The Hall–Kier alpha value is -1.14. The fourth-order valence-electron chi connectivity index (χ4n) is 9.73. The molecule has 0 aliphatic carbocycles. The third-order valence-corrected chi connectivity index (χ3v) is 47.4. The van der Waals surface area contributed by atoms with Crippen LogP contribution in [0.25, 0.3) is 21.5 Å². The van der Waals surface area contributed by atoms with Crippen LogP contribution >= 0.6 is 0 Å². The van der Waals surface area contributed by atoms with Crippen LogP contribution in [-0.4, -0.2) is 40.9 Å². The summed E-state index contributed by atoms with van der Waals surface area (Å²) in [4.78, 5) is 0. The summed E-state index contributed by atoms with van der Waals surface area (Å²) in [6, 6.07) is 17.8. The van der Waals surface area contributed by atoms with Gasteiger partial charge >= 0.3 is 8.56 Å². The molecule has 2 aliphatic heterocycles. The lowest BCUT2D eigenvalue weighted by molar-refractivity contribution is 0.429. The zero-order valence-electron chi connectivity index (χ0n) is 25.3. The molecule has 0 unspecified atom stereocenters. The predicted molar refractivity (Wildman–Crippen MR) is 176 cm³/mol. The highest BCUT2D eigenvalue weighted by atomic mass is 28.5. The van der Waals surface area contributed by atoms with Gasteiger partial charge in [-0.2, -0.15) is 0 Å². The quantitative estimate of drug-likeness (QED) is 0.226. The van der Waals surface area contributed by atoms with Gasteiger partial charge < -0.3 is 8.85 Å². The minimum Gasteiger partial charge on any atom is -0.508 e. The molecule has 1 saturated heterocycles. The molecule has 37 heavy (non-hydrogen) atoms. The second-order valence-electron chi connectivity index (χ2n) is 15.9. The van der Waals surface area contributed by atoms with Crippen molar-refractivity contribution in [2.24, 2.45) is 0 Å². The third-order valence-electron chi connectivity index (χ3n) is 10.5. The summed E-state index contributed by atoms with van der Waals surface area (Å²) in [5, 5.41) is 5.07. The first-order valence-electron chi connectivity index (χ1n) is 14.2. The van der Waals surface area contributed by atoms with Crippen molar-refractivity contribution >= 4 is 62.4 Å². The normalized spacial score (nSPS) is 20.8. The van der Waals surface area contributed by atoms with Gasteiger partial charge in [-0.05, 0) is 23.6 Å². The summed E-state index contributed by atoms with van der Waals surface area (Å²) >= 11 is 0. The molecule has 2 heterocycles. The van der Waals surface area contributed by atoms with Gasteiger partial charge in [0.05, 0.1) is 32.3 Å². The van der Waals surface area contributed by atoms with Gasteiger partial charge in [0.1, 0.15) is 0 Å². The van der Waals surface area contributed by atoms with Crippen LogP contribution in [0.1, 0.15) is 12.8 Å². The van der Waals surface area contributed by atoms with Gasteiger partial charge in [0, 0.05) is 19.3 Å². The van der Waals surface area contributed by atoms with Crippen molar-refractivity contribution in [3.63, 3.8) is 0 Å². The molecule has 5 rings (SSSR count). The first-order valence-corrected chi connectivity index (χ1v) is 30.0. The maximum absolute atomic E-state index is 7.97. The van der Waals surface area contributed by atoms with Gasteiger partial charge in [-0.25, -0.2) is 0 Å². The zero-order valence-corrected chi connectivity index (χ0v) is 30.3. The molecule has 1 spiro atoms. The van der Waals surface area contributed by atoms with Gasteiger partial charge in [0.15, 0.2) is 11.5 Å².